The Bertz CT molecular complexity index is 889. The largest absolute Gasteiger partial charge is 0.338 e. The Kier molecular flexibility index (Phi) is 5.51. The fourth-order valence-electron chi connectivity index (χ4n) is 2.50. The number of quaternary nitrogens is 1. The summed E-state index contributed by atoms with van der Waals surface area (Å²) in [6.45, 7) is 3.56. The number of hydrogen-bond donors (Lipinski definition) is 1. The number of halogens is 1. The molecule has 0 radical (unpaired) electrons. The van der Waals surface area contributed by atoms with Crippen molar-refractivity contribution in [2.75, 3.05) is 32.1 Å². The fraction of sp³-hybridized carbons (Fsp3) is 0.263. The van der Waals surface area contributed by atoms with Gasteiger partial charge in [0, 0.05) is 10.0 Å². The summed E-state index contributed by atoms with van der Waals surface area (Å²) in [5, 5.41) is 0.759. The third-order valence-electron chi connectivity index (χ3n) is 3.94. The Labute approximate surface area is 160 Å². The van der Waals surface area contributed by atoms with Crippen molar-refractivity contribution in [3.8, 4) is 0 Å². The van der Waals surface area contributed by atoms with Crippen molar-refractivity contribution in [3.05, 3.63) is 58.1 Å². The molecular formula is C19H21BrN3OS+. The summed E-state index contributed by atoms with van der Waals surface area (Å²) in [5.41, 5.74) is 2.81. The number of hydrogen-bond acceptors (Lipinski definition) is 3. The van der Waals surface area contributed by atoms with E-state index in [9.17, 15) is 4.79 Å². The van der Waals surface area contributed by atoms with Crippen LogP contribution >= 0.6 is 27.3 Å². The molecule has 0 aliphatic rings. The van der Waals surface area contributed by atoms with Crippen LogP contribution in [0.15, 0.2) is 46.9 Å². The number of benzene rings is 2. The summed E-state index contributed by atoms with van der Waals surface area (Å²) in [6.07, 6.45) is 0. The van der Waals surface area contributed by atoms with Gasteiger partial charge in [0.05, 0.1) is 37.4 Å². The SMILES string of the molecule is Cc1ccc2nc(N(CC[NH+](C)C)C(=O)c3ccc(Br)cc3)sc2c1. The molecule has 0 saturated heterocycles. The zero-order chi connectivity index (χ0) is 18.0. The Morgan fingerprint density at radius 2 is 1.92 bits per heavy atom. The molecule has 0 fully saturated rings. The van der Waals surface area contributed by atoms with Crippen LogP contribution in [0.1, 0.15) is 15.9 Å². The molecule has 130 valence electrons. The summed E-state index contributed by atoms with van der Waals surface area (Å²) in [6, 6.07) is 13.7. The molecule has 6 heteroatoms. The number of carbonyl (C=O) groups excluding carboxylic acids is 1. The van der Waals surface area contributed by atoms with E-state index in [1.165, 1.54) is 10.5 Å². The Morgan fingerprint density at radius 3 is 2.60 bits per heavy atom. The van der Waals surface area contributed by atoms with Crippen LogP contribution < -0.4 is 9.80 Å². The van der Waals surface area contributed by atoms with Crippen LogP contribution in [-0.4, -0.2) is 38.1 Å². The summed E-state index contributed by atoms with van der Waals surface area (Å²) in [5.74, 6) is -0.00970. The summed E-state index contributed by atoms with van der Waals surface area (Å²) >= 11 is 4.99. The smallest absolute Gasteiger partial charge is 0.260 e. The van der Waals surface area contributed by atoms with Crippen molar-refractivity contribution in [2.45, 2.75) is 6.92 Å². The maximum atomic E-state index is 13.1. The lowest BCUT2D eigenvalue weighted by molar-refractivity contribution is -0.856. The fourth-order valence-corrected chi connectivity index (χ4v) is 3.86. The molecular weight excluding hydrogens is 398 g/mol. The van der Waals surface area contributed by atoms with Crippen molar-refractivity contribution in [1.82, 2.24) is 4.98 Å². The van der Waals surface area contributed by atoms with Gasteiger partial charge in [0.25, 0.3) is 5.91 Å². The zero-order valence-electron chi connectivity index (χ0n) is 14.5. The van der Waals surface area contributed by atoms with E-state index in [1.807, 2.05) is 30.3 Å². The van der Waals surface area contributed by atoms with Crippen LogP contribution in [-0.2, 0) is 0 Å². The van der Waals surface area contributed by atoms with Crippen LogP contribution in [0.25, 0.3) is 10.2 Å². The average molecular weight is 419 g/mol. The highest BCUT2D eigenvalue weighted by Gasteiger charge is 2.22. The van der Waals surface area contributed by atoms with Crippen LogP contribution in [0.5, 0.6) is 0 Å². The van der Waals surface area contributed by atoms with Gasteiger partial charge in [-0.3, -0.25) is 9.69 Å². The van der Waals surface area contributed by atoms with Crippen molar-refractivity contribution in [1.29, 1.82) is 0 Å². The molecule has 0 aliphatic heterocycles. The maximum Gasteiger partial charge on any atom is 0.260 e. The van der Waals surface area contributed by atoms with Gasteiger partial charge in [-0.2, -0.15) is 0 Å². The molecule has 4 nitrogen and oxygen atoms in total. The molecule has 0 spiro atoms. The lowest BCUT2D eigenvalue weighted by Gasteiger charge is -2.20. The molecule has 0 bridgehead atoms. The predicted octanol–water partition coefficient (Wildman–Crippen LogP) is 3.16. The second-order valence-corrected chi connectivity index (χ2v) is 8.31. The number of aryl methyl sites for hydroxylation is 1. The van der Waals surface area contributed by atoms with E-state index in [2.05, 4.69) is 49.1 Å². The van der Waals surface area contributed by atoms with Gasteiger partial charge >= 0.3 is 0 Å². The average Bonchev–Trinajstić information content (AvgIpc) is 2.98. The maximum absolute atomic E-state index is 13.1. The van der Waals surface area contributed by atoms with Crippen molar-refractivity contribution >= 4 is 48.5 Å². The van der Waals surface area contributed by atoms with Gasteiger partial charge in [-0.25, -0.2) is 4.98 Å². The monoisotopic (exact) mass is 418 g/mol. The van der Waals surface area contributed by atoms with E-state index in [0.717, 1.165) is 26.4 Å². The molecule has 0 unspecified atom stereocenters. The van der Waals surface area contributed by atoms with Gasteiger partial charge in [0.15, 0.2) is 5.13 Å². The van der Waals surface area contributed by atoms with Gasteiger partial charge in [-0.15, -0.1) is 0 Å². The zero-order valence-corrected chi connectivity index (χ0v) is 16.9. The first-order chi connectivity index (χ1) is 11.9. The van der Waals surface area contributed by atoms with Crippen LogP contribution in [0.3, 0.4) is 0 Å². The molecule has 1 aromatic heterocycles. The first-order valence-corrected chi connectivity index (χ1v) is 9.78. The minimum absolute atomic E-state index is 0.00970. The lowest BCUT2D eigenvalue weighted by Crippen LogP contribution is -3.06. The summed E-state index contributed by atoms with van der Waals surface area (Å²) in [4.78, 5) is 20.9. The van der Waals surface area contributed by atoms with Crippen LogP contribution in [0.4, 0.5) is 5.13 Å². The molecule has 25 heavy (non-hydrogen) atoms. The minimum Gasteiger partial charge on any atom is -0.338 e. The minimum atomic E-state index is -0.00970. The van der Waals surface area contributed by atoms with Crippen LogP contribution in [0, 0.1) is 6.92 Å². The number of amides is 1. The molecule has 0 saturated carbocycles. The third kappa shape index (κ3) is 4.26. The quantitative estimate of drug-likeness (QED) is 0.690. The third-order valence-corrected chi connectivity index (χ3v) is 5.51. The highest BCUT2D eigenvalue weighted by Crippen LogP contribution is 2.30. The first-order valence-electron chi connectivity index (χ1n) is 8.17. The number of likely N-dealkylation sites (N-methyl/N-ethyl adjacent to an activating group) is 1. The molecule has 0 atom stereocenters. The predicted molar refractivity (Wildman–Crippen MR) is 108 cm³/mol. The van der Waals surface area contributed by atoms with Crippen molar-refractivity contribution in [2.24, 2.45) is 0 Å². The topological polar surface area (TPSA) is 37.6 Å². The second kappa shape index (κ2) is 7.64. The lowest BCUT2D eigenvalue weighted by atomic mass is 10.2. The Hall–Kier alpha value is -1.76. The number of fused-ring (bicyclic) bond motifs is 1. The molecule has 3 rings (SSSR count). The number of aromatic nitrogens is 1. The Balaban J connectivity index is 1.97. The van der Waals surface area contributed by atoms with E-state index in [4.69, 9.17) is 4.98 Å². The van der Waals surface area contributed by atoms with Gasteiger partial charge in [0.2, 0.25) is 0 Å². The number of anilines is 1. The second-order valence-electron chi connectivity index (χ2n) is 6.39. The highest BCUT2D eigenvalue weighted by molar-refractivity contribution is 9.10. The van der Waals surface area contributed by atoms with Gasteiger partial charge < -0.3 is 4.90 Å². The van der Waals surface area contributed by atoms with E-state index < -0.39 is 0 Å². The molecule has 3 aromatic rings. The number of nitrogens with one attached hydrogen (secondary N) is 1. The number of thiazole rings is 1. The van der Waals surface area contributed by atoms with Gasteiger partial charge in [0.1, 0.15) is 0 Å². The summed E-state index contributed by atoms with van der Waals surface area (Å²) < 4.78 is 2.07. The highest BCUT2D eigenvalue weighted by atomic mass is 79.9. The van der Waals surface area contributed by atoms with Crippen molar-refractivity contribution in [3.63, 3.8) is 0 Å². The molecule has 1 N–H and O–H groups in total. The number of rotatable bonds is 5. The van der Waals surface area contributed by atoms with E-state index in [1.54, 1.807) is 16.2 Å². The van der Waals surface area contributed by atoms with Crippen LogP contribution in [0.2, 0.25) is 0 Å². The van der Waals surface area contributed by atoms with E-state index in [0.29, 0.717) is 12.1 Å². The molecule has 0 aliphatic carbocycles. The van der Waals surface area contributed by atoms with Gasteiger partial charge in [-0.1, -0.05) is 33.3 Å². The Morgan fingerprint density at radius 1 is 1.20 bits per heavy atom. The standard InChI is InChI=1S/C19H20BrN3OS/c1-13-4-9-16-17(12-13)25-19(21-16)23(11-10-22(2)3)18(24)14-5-7-15(20)8-6-14/h4-9,12H,10-11H2,1-3H3/p+1. The number of nitrogens with zero attached hydrogens (tertiary/aromatic N) is 2. The summed E-state index contributed by atoms with van der Waals surface area (Å²) in [7, 11) is 4.17. The molecule has 2 aromatic carbocycles. The molecule has 1 amide bonds. The molecule has 1 heterocycles. The van der Waals surface area contributed by atoms with Gasteiger partial charge in [-0.05, 0) is 48.9 Å². The van der Waals surface area contributed by atoms with Crippen molar-refractivity contribution < 1.29 is 9.69 Å². The normalized spacial score (nSPS) is 11.2. The number of carbonyl (C=O) groups is 1. The van der Waals surface area contributed by atoms with E-state index >= 15 is 0 Å². The van der Waals surface area contributed by atoms with E-state index in [-0.39, 0.29) is 5.91 Å². The first kappa shape index (κ1) is 18.0.